The molecule has 4 nitrogen and oxygen atoms in total. The van der Waals surface area contributed by atoms with Gasteiger partial charge in [-0.3, -0.25) is 19.8 Å². The van der Waals surface area contributed by atoms with E-state index in [9.17, 15) is 18.4 Å². The van der Waals surface area contributed by atoms with Gasteiger partial charge < -0.3 is 0 Å². The molecule has 0 aromatic carbocycles. The number of halogens is 2. The van der Waals surface area contributed by atoms with E-state index >= 15 is 0 Å². The minimum absolute atomic E-state index is 0.255. The molecule has 0 radical (unpaired) electrons. The minimum atomic E-state index is -3.46. The first-order chi connectivity index (χ1) is 7.42. The van der Waals surface area contributed by atoms with Gasteiger partial charge in [0, 0.05) is 12.8 Å². The molecule has 16 heavy (non-hydrogen) atoms. The number of ketones is 1. The van der Waals surface area contributed by atoms with Crippen LogP contribution in [0.2, 0.25) is 0 Å². The molecule has 90 valence electrons. The number of amides is 1. The first kappa shape index (κ1) is 11.4. The molecular weight excluding hydrogens is 218 g/mol. The highest BCUT2D eigenvalue weighted by Crippen LogP contribution is 2.35. The summed E-state index contributed by atoms with van der Waals surface area (Å²) in [6, 6.07) is -4.92. The van der Waals surface area contributed by atoms with Crippen molar-refractivity contribution in [3.63, 3.8) is 0 Å². The Bertz CT molecular complexity index is 325. The van der Waals surface area contributed by atoms with E-state index in [0.29, 0.717) is 25.9 Å². The summed E-state index contributed by atoms with van der Waals surface area (Å²) in [5, 5.41) is 1.57. The lowest BCUT2D eigenvalue weighted by Crippen LogP contribution is -2.66. The zero-order valence-corrected chi connectivity index (χ0v) is 9.00. The summed E-state index contributed by atoms with van der Waals surface area (Å²) in [6.07, 6.45) is 1.32. The van der Waals surface area contributed by atoms with Gasteiger partial charge in [0.1, 0.15) is 0 Å². The lowest BCUT2D eigenvalue weighted by molar-refractivity contribution is -0.169. The van der Waals surface area contributed by atoms with E-state index in [1.165, 1.54) is 4.90 Å². The second-order valence-electron chi connectivity index (χ2n) is 4.42. The summed E-state index contributed by atoms with van der Waals surface area (Å²) < 4.78 is 27.3. The number of piperidine rings is 3. The van der Waals surface area contributed by atoms with Crippen LogP contribution in [0.25, 0.3) is 0 Å². The fourth-order valence-corrected chi connectivity index (χ4v) is 2.56. The van der Waals surface area contributed by atoms with E-state index in [1.54, 1.807) is 5.32 Å². The van der Waals surface area contributed by atoms with Crippen LogP contribution in [-0.4, -0.2) is 41.8 Å². The van der Waals surface area contributed by atoms with Gasteiger partial charge in [-0.1, -0.05) is 0 Å². The molecule has 2 bridgehead atoms. The zero-order valence-electron chi connectivity index (χ0n) is 9.00. The van der Waals surface area contributed by atoms with E-state index in [-0.39, 0.29) is 5.92 Å². The molecule has 3 aliphatic rings. The zero-order chi connectivity index (χ0) is 11.9. The number of nitrogens with zero attached hydrogens (tertiary/aromatic N) is 1. The molecule has 3 fully saturated rings. The van der Waals surface area contributed by atoms with Crippen molar-refractivity contribution in [2.45, 2.75) is 31.9 Å². The first-order valence-electron chi connectivity index (χ1n) is 5.36. The smallest absolute Gasteiger partial charge is 0.297 e. The normalized spacial score (nSPS) is 33.9. The van der Waals surface area contributed by atoms with Gasteiger partial charge in [0.2, 0.25) is 5.91 Å². The highest BCUT2D eigenvalue weighted by atomic mass is 19.3. The fourth-order valence-electron chi connectivity index (χ4n) is 2.56. The molecule has 3 aliphatic heterocycles. The van der Waals surface area contributed by atoms with Gasteiger partial charge in [0.15, 0.2) is 11.8 Å². The average Bonchev–Trinajstić information content (AvgIpc) is 2.16. The van der Waals surface area contributed by atoms with E-state index in [4.69, 9.17) is 0 Å². The van der Waals surface area contributed by atoms with E-state index in [1.807, 2.05) is 0 Å². The maximum atomic E-state index is 13.7. The predicted molar refractivity (Wildman–Crippen MR) is 51.9 cm³/mol. The number of nitrogens with one attached hydrogen (secondary N) is 1. The highest BCUT2D eigenvalue weighted by Gasteiger charge is 2.54. The van der Waals surface area contributed by atoms with Crippen molar-refractivity contribution in [2.75, 3.05) is 13.1 Å². The van der Waals surface area contributed by atoms with Crippen molar-refractivity contribution in [2.24, 2.45) is 5.92 Å². The van der Waals surface area contributed by atoms with Crippen LogP contribution < -0.4 is 5.32 Å². The Kier molecular flexibility index (Phi) is 2.69. The Hall–Kier alpha value is -1.04. The second kappa shape index (κ2) is 3.76. The molecule has 1 atom stereocenters. The lowest BCUT2D eigenvalue weighted by Gasteiger charge is -2.46. The van der Waals surface area contributed by atoms with Crippen LogP contribution in [0.4, 0.5) is 8.78 Å². The van der Waals surface area contributed by atoms with Gasteiger partial charge in [0.25, 0.3) is 0 Å². The molecule has 6 heteroatoms. The molecule has 3 rings (SSSR count). The fraction of sp³-hybridized carbons (Fsp3) is 0.800. The van der Waals surface area contributed by atoms with Crippen molar-refractivity contribution >= 4 is 11.7 Å². The van der Waals surface area contributed by atoms with Gasteiger partial charge >= 0.3 is 6.05 Å². The Balaban J connectivity index is 2.19. The third-order valence-corrected chi connectivity index (χ3v) is 3.25. The number of Topliss-reactive ketones (excluding diaryl/α,β-unsaturated/α-hetero) is 1. The Morgan fingerprint density at radius 1 is 1.44 bits per heavy atom. The number of fused-ring (bicyclic) bond motifs is 3. The quantitative estimate of drug-likeness (QED) is 0.700. The number of carbonyl (C=O) groups is 2. The number of carbonyl (C=O) groups excluding carboxylic acids is 2. The molecular formula is C10H14F2N2O2. The predicted octanol–water partition coefficient (Wildman–Crippen LogP) is 0.379. The van der Waals surface area contributed by atoms with Crippen molar-refractivity contribution < 1.29 is 18.4 Å². The molecule has 0 aromatic rings. The van der Waals surface area contributed by atoms with Crippen molar-refractivity contribution in [1.29, 1.82) is 0 Å². The van der Waals surface area contributed by atoms with E-state index in [0.717, 1.165) is 6.92 Å². The van der Waals surface area contributed by atoms with Crippen molar-refractivity contribution in [3.05, 3.63) is 0 Å². The van der Waals surface area contributed by atoms with Crippen LogP contribution in [0, 0.1) is 5.92 Å². The first-order valence-corrected chi connectivity index (χ1v) is 5.36. The van der Waals surface area contributed by atoms with E-state index in [2.05, 4.69) is 0 Å². The second-order valence-corrected chi connectivity index (χ2v) is 4.42. The molecule has 1 unspecified atom stereocenters. The summed E-state index contributed by atoms with van der Waals surface area (Å²) in [5.41, 5.74) is 0. The third kappa shape index (κ3) is 1.81. The maximum Gasteiger partial charge on any atom is 0.347 e. The number of hydrogen-bond acceptors (Lipinski definition) is 3. The van der Waals surface area contributed by atoms with E-state index < -0.39 is 23.8 Å². The van der Waals surface area contributed by atoms with Crippen molar-refractivity contribution in [3.8, 4) is 0 Å². The third-order valence-electron chi connectivity index (χ3n) is 3.25. The van der Waals surface area contributed by atoms with Gasteiger partial charge in [0.05, 0.1) is 0 Å². The van der Waals surface area contributed by atoms with Gasteiger partial charge in [-0.15, -0.1) is 0 Å². The summed E-state index contributed by atoms with van der Waals surface area (Å²) in [5.74, 6) is -1.51. The van der Waals surface area contributed by atoms with Crippen LogP contribution in [0.1, 0.15) is 19.8 Å². The molecule has 3 heterocycles. The molecule has 0 spiro atoms. The standard InChI is InChI=1S/C10H14F2N2O2/c1-6(15)13-10(11,12)9-8(16)7-2-4-14(9)5-3-7/h7,9H,2-5H2,1H3,(H,13,15). The van der Waals surface area contributed by atoms with Crippen LogP contribution in [0.3, 0.4) is 0 Å². The topological polar surface area (TPSA) is 49.4 Å². The molecule has 1 amide bonds. The van der Waals surface area contributed by atoms with Gasteiger partial charge in [-0.05, 0) is 25.9 Å². The molecule has 3 saturated heterocycles. The number of hydrogen-bond donors (Lipinski definition) is 1. The highest BCUT2D eigenvalue weighted by molar-refractivity contribution is 5.89. The van der Waals surface area contributed by atoms with Crippen LogP contribution in [0.15, 0.2) is 0 Å². The molecule has 0 aliphatic carbocycles. The van der Waals surface area contributed by atoms with Crippen LogP contribution in [-0.2, 0) is 9.59 Å². The molecule has 1 N–H and O–H groups in total. The summed E-state index contributed by atoms with van der Waals surface area (Å²) in [6.45, 7) is 2.04. The summed E-state index contributed by atoms with van der Waals surface area (Å²) >= 11 is 0. The largest absolute Gasteiger partial charge is 0.347 e. The maximum absolute atomic E-state index is 13.7. The Morgan fingerprint density at radius 2 is 2.00 bits per heavy atom. The van der Waals surface area contributed by atoms with Crippen molar-refractivity contribution in [1.82, 2.24) is 10.2 Å². The van der Waals surface area contributed by atoms with Crippen LogP contribution in [0.5, 0.6) is 0 Å². The summed E-state index contributed by atoms with van der Waals surface area (Å²) in [7, 11) is 0. The Morgan fingerprint density at radius 3 is 2.44 bits per heavy atom. The Labute approximate surface area is 92.0 Å². The van der Waals surface area contributed by atoms with Gasteiger partial charge in [-0.25, -0.2) is 0 Å². The lowest BCUT2D eigenvalue weighted by atomic mass is 9.81. The summed E-state index contributed by atoms with van der Waals surface area (Å²) in [4.78, 5) is 23.9. The number of alkyl halides is 2. The average molecular weight is 232 g/mol. The SMILES string of the molecule is CC(=O)NC(F)(F)C1C(=O)C2CCN1CC2. The van der Waals surface area contributed by atoms with Crippen LogP contribution >= 0.6 is 0 Å². The molecule has 0 aromatic heterocycles. The van der Waals surface area contributed by atoms with Gasteiger partial charge in [-0.2, -0.15) is 8.78 Å². The molecule has 0 saturated carbocycles. The monoisotopic (exact) mass is 232 g/mol. The number of rotatable bonds is 2. The minimum Gasteiger partial charge on any atom is -0.297 e.